The Morgan fingerprint density at radius 3 is 2.32 bits per heavy atom. The fraction of sp³-hybridized carbons (Fsp3) is 0.440. The van der Waals surface area contributed by atoms with Gasteiger partial charge in [0.15, 0.2) is 0 Å². The molecule has 6 heteroatoms. The zero-order chi connectivity index (χ0) is 21.6. The number of carbonyl (C=O) groups excluding carboxylic acids is 1. The summed E-state index contributed by atoms with van der Waals surface area (Å²) < 4.78 is 0. The van der Waals surface area contributed by atoms with Crippen molar-refractivity contribution in [3.8, 4) is 0 Å². The van der Waals surface area contributed by atoms with E-state index < -0.39 is 5.97 Å². The van der Waals surface area contributed by atoms with Crippen LogP contribution in [-0.2, 0) is 11.3 Å². The molecule has 0 spiro atoms. The second kappa shape index (κ2) is 10.2. The van der Waals surface area contributed by atoms with Crippen LogP contribution in [0.1, 0.15) is 42.7 Å². The highest BCUT2D eigenvalue weighted by atomic mass is 32.2. The third kappa shape index (κ3) is 5.24. The lowest BCUT2D eigenvalue weighted by Gasteiger charge is -2.33. The van der Waals surface area contributed by atoms with Gasteiger partial charge in [-0.25, -0.2) is 4.79 Å². The molecule has 2 atom stereocenters. The van der Waals surface area contributed by atoms with Crippen molar-refractivity contribution >= 4 is 29.4 Å². The van der Waals surface area contributed by atoms with E-state index in [-0.39, 0.29) is 17.9 Å². The fourth-order valence-electron chi connectivity index (χ4n) is 4.68. The summed E-state index contributed by atoms with van der Waals surface area (Å²) in [5.74, 6) is 1.07. The highest BCUT2D eigenvalue weighted by molar-refractivity contribution is 7.99. The summed E-state index contributed by atoms with van der Waals surface area (Å²) in [4.78, 5) is 28.8. The van der Waals surface area contributed by atoms with Gasteiger partial charge in [-0.3, -0.25) is 9.69 Å². The molecule has 5 nitrogen and oxygen atoms in total. The van der Waals surface area contributed by atoms with E-state index in [0.717, 1.165) is 67.1 Å². The number of aliphatic carboxylic acids is 1. The van der Waals surface area contributed by atoms with Crippen molar-refractivity contribution in [1.29, 1.82) is 0 Å². The van der Waals surface area contributed by atoms with Crippen LogP contribution in [0, 0.1) is 5.92 Å². The number of benzene rings is 2. The largest absolute Gasteiger partial charge is 0.481 e. The van der Waals surface area contributed by atoms with Gasteiger partial charge in [0.2, 0.25) is 0 Å². The quantitative estimate of drug-likeness (QED) is 0.695. The van der Waals surface area contributed by atoms with Crippen LogP contribution in [0.2, 0.25) is 0 Å². The van der Waals surface area contributed by atoms with Gasteiger partial charge in [-0.1, -0.05) is 55.3 Å². The van der Waals surface area contributed by atoms with E-state index in [2.05, 4.69) is 24.3 Å². The van der Waals surface area contributed by atoms with E-state index in [1.807, 2.05) is 51.9 Å². The minimum Gasteiger partial charge on any atom is -0.481 e. The molecule has 1 aliphatic heterocycles. The maximum Gasteiger partial charge on any atom is 0.324 e. The third-order valence-electron chi connectivity index (χ3n) is 6.41. The molecule has 0 aromatic heterocycles. The standard InChI is InChI=1S/C25H30N2O3S/c28-24(29)23-9-5-4-8-22(23)20-12-10-19(11-13-20)18-27(21-6-2-1-3-7-21)25(30)26-14-16-31-17-15-26/h1-3,6-7,10-13,22-23H,4-5,8-9,14-18H2,(H,28,29)/t22-,23+/m1/s1. The predicted molar refractivity (Wildman–Crippen MR) is 126 cm³/mol. The summed E-state index contributed by atoms with van der Waals surface area (Å²) >= 11 is 1.89. The van der Waals surface area contributed by atoms with Gasteiger partial charge >= 0.3 is 12.0 Å². The highest BCUT2D eigenvalue weighted by Gasteiger charge is 2.32. The first kappa shape index (κ1) is 21.8. The number of carbonyl (C=O) groups is 2. The van der Waals surface area contributed by atoms with E-state index in [0.29, 0.717) is 6.54 Å². The van der Waals surface area contributed by atoms with Gasteiger partial charge in [0.1, 0.15) is 0 Å². The van der Waals surface area contributed by atoms with Gasteiger partial charge < -0.3 is 10.0 Å². The molecule has 2 aliphatic rings. The minimum atomic E-state index is -0.686. The van der Waals surface area contributed by atoms with Crippen LogP contribution >= 0.6 is 11.8 Å². The predicted octanol–water partition coefficient (Wildman–Crippen LogP) is 5.22. The van der Waals surface area contributed by atoms with E-state index >= 15 is 0 Å². The third-order valence-corrected chi connectivity index (χ3v) is 7.35. The lowest BCUT2D eigenvalue weighted by Crippen LogP contribution is -2.46. The smallest absolute Gasteiger partial charge is 0.324 e. The molecule has 31 heavy (non-hydrogen) atoms. The Labute approximate surface area is 188 Å². The molecule has 1 N–H and O–H groups in total. The van der Waals surface area contributed by atoms with Crippen LogP contribution in [-0.4, -0.2) is 46.6 Å². The van der Waals surface area contributed by atoms with E-state index in [1.54, 1.807) is 0 Å². The number of thioether (sulfide) groups is 1. The summed E-state index contributed by atoms with van der Waals surface area (Å²) in [6, 6.07) is 18.1. The van der Waals surface area contributed by atoms with Gasteiger partial charge in [0.05, 0.1) is 12.5 Å². The Morgan fingerprint density at radius 1 is 0.968 bits per heavy atom. The molecular weight excluding hydrogens is 408 g/mol. The van der Waals surface area contributed by atoms with Gasteiger partial charge in [0.25, 0.3) is 0 Å². The van der Waals surface area contributed by atoms with Crippen LogP contribution in [0.4, 0.5) is 10.5 Å². The zero-order valence-corrected chi connectivity index (χ0v) is 18.6. The molecule has 0 bridgehead atoms. The molecule has 0 radical (unpaired) electrons. The fourth-order valence-corrected chi connectivity index (χ4v) is 5.58. The number of hydrogen-bond donors (Lipinski definition) is 1. The molecule has 4 rings (SSSR count). The lowest BCUT2D eigenvalue weighted by atomic mass is 9.75. The summed E-state index contributed by atoms with van der Waals surface area (Å²) in [6.07, 6.45) is 3.76. The van der Waals surface area contributed by atoms with Crippen LogP contribution in [0.3, 0.4) is 0 Å². The maximum atomic E-state index is 13.3. The zero-order valence-electron chi connectivity index (χ0n) is 17.8. The molecule has 1 aliphatic carbocycles. The Hall–Kier alpha value is -2.47. The van der Waals surface area contributed by atoms with Crippen molar-refractivity contribution in [2.24, 2.45) is 5.92 Å². The molecule has 2 aromatic rings. The van der Waals surface area contributed by atoms with Crippen molar-refractivity contribution in [3.63, 3.8) is 0 Å². The minimum absolute atomic E-state index is 0.0498. The summed E-state index contributed by atoms with van der Waals surface area (Å²) in [5, 5.41) is 9.60. The number of rotatable bonds is 5. The van der Waals surface area contributed by atoms with Crippen LogP contribution < -0.4 is 4.90 Å². The molecular formula is C25H30N2O3S. The average Bonchev–Trinajstić information content (AvgIpc) is 2.83. The molecule has 1 heterocycles. The Balaban J connectivity index is 1.53. The van der Waals surface area contributed by atoms with E-state index in [1.165, 1.54) is 0 Å². The number of hydrogen-bond acceptors (Lipinski definition) is 3. The van der Waals surface area contributed by atoms with Crippen molar-refractivity contribution in [2.45, 2.75) is 38.1 Å². The van der Waals surface area contributed by atoms with Crippen molar-refractivity contribution in [3.05, 3.63) is 65.7 Å². The second-order valence-electron chi connectivity index (χ2n) is 8.38. The number of carboxylic acids is 1. The summed E-state index contributed by atoms with van der Waals surface area (Å²) in [5.41, 5.74) is 3.05. The van der Waals surface area contributed by atoms with Gasteiger partial charge in [0, 0.05) is 30.3 Å². The number of para-hydroxylation sites is 1. The molecule has 164 valence electrons. The first-order valence-electron chi connectivity index (χ1n) is 11.1. The van der Waals surface area contributed by atoms with Crippen molar-refractivity contribution < 1.29 is 14.7 Å². The number of urea groups is 1. The Kier molecular flexibility index (Phi) is 7.17. The Bertz CT molecular complexity index is 881. The van der Waals surface area contributed by atoms with Gasteiger partial charge in [-0.15, -0.1) is 0 Å². The lowest BCUT2D eigenvalue weighted by molar-refractivity contribution is -0.143. The maximum absolute atomic E-state index is 13.3. The molecule has 2 amide bonds. The molecule has 1 saturated heterocycles. The Morgan fingerprint density at radius 2 is 1.65 bits per heavy atom. The molecule has 2 fully saturated rings. The van der Waals surface area contributed by atoms with Crippen LogP contribution in [0.25, 0.3) is 0 Å². The second-order valence-corrected chi connectivity index (χ2v) is 9.61. The van der Waals surface area contributed by atoms with Crippen molar-refractivity contribution in [2.75, 3.05) is 29.5 Å². The highest BCUT2D eigenvalue weighted by Crippen LogP contribution is 2.38. The van der Waals surface area contributed by atoms with Gasteiger partial charge in [-0.05, 0) is 42.0 Å². The summed E-state index contributed by atoms with van der Waals surface area (Å²) in [6.45, 7) is 2.06. The number of anilines is 1. The first-order valence-corrected chi connectivity index (χ1v) is 12.3. The molecule has 1 saturated carbocycles. The average molecular weight is 439 g/mol. The SMILES string of the molecule is O=C(O)[C@H]1CCCC[C@@H]1c1ccc(CN(C(=O)N2CCSCC2)c2ccccc2)cc1. The monoisotopic (exact) mass is 438 g/mol. The van der Waals surface area contributed by atoms with Crippen LogP contribution in [0.5, 0.6) is 0 Å². The number of amides is 2. The normalized spacial score (nSPS) is 21.5. The van der Waals surface area contributed by atoms with Crippen molar-refractivity contribution in [1.82, 2.24) is 4.90 Å². The number of carboxylic acid groups (broad SMARTS) is 1. The topological polar surface area (TPSA) is 60.9 Å². The molecule has 2 aromatic carbocycles. The van der Waals surface area contributed by atoms with Crippen LogP contribution in [0.15, 0.2) is 54.6 Å². The van der Waals surface area contributed by atoms with E-state index in [9.17, 15) is 14.7 Å². The summed E-state index contributed by atoms with van der Waals surface area (Å²) in [7, 11) is 0. The number of nitrogens with zero attached hydrogens (tertiary/aromatic N) is 2. The van der Waals surface area contributed by atoms with E-state index in [4.69, 9.17) is 0 Å². The van der Waals surface area contributed by atoms with Gasteiger partial charge in [-0.2, -0.15) is 11.8 Å². The first-order chi connectivity index (χ1) is 15.1. The molecule has 0 unspecified atom stereocenters.